The first-order valence-corrected chi connectivity index (χ1v) is 13.4. The van der Waals surface area contributed by atoms with Crippen LogP contribution in [0.2, 0.25) is 0 Å². The molecule has 192 valence electrons. The quantitative estimate of drug-likeness (QED) is 0.160. The number of fused-ring (bicyclic) bond motifs is 3. The Hall–Kier alpha value is -2.99. The molecular formula is C30H23Br2F2N2OP. The Labute approximate surface area is 241 Å². The molecule has 0 N–H and O–H groups in total. The summed E-state index contributed by atoms with van der Waals surface area (Å²) in [5, 5.41) is 2.38. The predicted molar refractivity (Wildman–Crippen MR) is 136 cm³/mol. The van der Waals surface area contributed by atoms with Gasteiger partial charge in [-0.15, -0.1) is 0 Å². The minimum Gasteiger partial charge on any atom is -1.00 e. The second kappa shape index (κ2) is 11.4. The van der Waals surface area contributed by atoms with Gasteiger partial charge in [0.15, 0.2) is 45.0 Å². The number of benzene rings is 3. The Balaban J connectivity index is 0.00000168. The summed E-state index contributed by atoms with van der Waals surface area (Å²) in [6.07, 6.45) is 7.89. The molecule has 0 bridgehead atoms. The molecule has 0 amide bonds. The van der Waals surface area contributed by atoms with Gasteiger partial charge in [0.05, 0.1) is 10.6 Å². The summed E-state index contributed by atoms with van der Waals surface area (Å²) in [6.45, 7) is 1.09. The van der Waals surface area contributed by atoms with Crippen molar-refractivity contribution in [2.75, 3.05) is 0 Å². The van der Waals surface area contributed by atoms with Gasteiger partial charge in [-0.25, -0.2) is 8.78 Å². The van der Waals surface area contributed by atoms with Crippen LogP contribution in [0, 0.1) is 11.6 Å². The van der Waals surface area contributed by atoms with E-state index in [0.29, 0.717) is 13.1 Å². The van der Waals surface area contributed by atoms with Crippen LogP contribution in [-0.2, 0) is 17.7 Å². The smallest absolute Gasteiger partial charge is 0.184 e. The van der Waals surface area contributed by atoms with Crippen molar-refractivity contribution in [1.82, 2.24) is 0 Å². The maximum absolute atomic E-state index is 15.0. The van der Waals surface area contributed by atoms with Gasteiger partial charge in [-0.1, -0.05) is 30.3 Å². The summed E-state index contributed by atoms with van der Waals surface area (Å²) in [4.78, 5) is 0. The molecule has 1 aliphatic heterocycles. The Morgan fingerprint density at radius 2 is 1.00 bits per heavy atom. The lowest BCUT2D eigenvalue weighted by atomic mass is 10.1. The van der Waals surface area contributed by atoms with Gasteiger partial charge in [0.2, 0.25) is 0 Å². The first kappa shape index (κ1) is 28.0. The average molecular weight is 656 g/mol. The number of pyridine rings is 2. The van der Waals surface area contributed by atoms with Gasteiger partial charge in [-0.05, 0) is 48.5 Å². The van der Waals surface area contributed by atoms with E-state index in [1.54, 1.807) is 24.3 Å². The van der Waals surface area contributed by atoms with Crippen molar-refractivity contribution < 1.29 is 56.4 Å². The molecule has 0 saturated heterocycles. The number of rotatable bonds is 5. The second-order valence-electron chi connectivity index (χ2n) is 9.03. The van der Waals surface area contributed by atoms with Crippen molar-refractivity contribution in [3.63, 3.8) is 0 Å². The molecule has 3 aromatic carbocycles. The molecular weight excluding hydrogens is 633 g/mol. The highest BCUT2D eigenvalue weighted by molar-refractivity contribution is 7.86. The highest BCUT2D eigenvalue weighted by Crippen LogP contribution is 2.51. The van der Waals surface area contributed by atoms with Gasteiger partial charge in [-0.2, -0.15) is 9.13 Å². The zero-order valence-corrected chi connectivity index (χ0v) is 24.2. The Bertz CT molecular complexity index is 1530. The normalized spacial score (nSPS) is 12.6. The monoisotopic (exact) mass is 654 g/mol. The fraction of sp³-hybridized carbons (Fsp3) is 0.0667. The minimum atomic E-state index is -3.14. The van der Waals surface area contributed by atoms with E-state index in [2.05, 4.69) is 0 Å². The molecule has 0 saturated carbocycles. The summed E-state index contributed by atoms with van der Waals surface area (Å²) in [5.74, 6) is -0.536. The third kappa shape index (κ3) is 5.15. The van der Waals surface area contributed by atoms with Gasteiger partial charge in [0.1, 0.15) is 11.6 Å². The summed E-state index contributed by atoms with van der Waals surface area (Å²) in [5.41, 5.74) is 3.84. The van der Waals surface area contributed by atoms with E-state index in [9.17, 15) is 8.78 Å². The molecule has 0 radical (unpaired) electrons. The largest absolute Gasteiger partial charge is 1.00 e. The third-order valence-corrected chi connectivity index (χ3v) is 9.73. The molecule has 0 spiro atoms. The lowest BCUT2D eigenvalue weighted by Crippen LogP contribution is -3.00. The zero-order valence-electron chi connectivity index (χ0n) is 20.1. The van der Waals surface area contributed by atoms with E-state index in [1.165, 1.54) is 24.3 Å². The van der Waals surface area contributed by atoms with Crippen LogP contribution in [0.15, 0.2) is 116 Å². The number of aromatic nitrogens is 2. The molecule has 38 heavy (non-hydrogen) atoms. The molecule has 0 unspecified atom stereocenters. The van der Waals surface area contributed by atoms with E-state index in [0.717, 1.165) is 38.2 Å². The third-order valence-electron chi connectivity index (χ3n) is 6.64. The SMILES string of the molecule is O=P1(c2ccccc2)c2c[n+](Cc3ccc(F)cc3)ccc2-c2cc[n+](Cc3ccc(F)cc3)cc21.[Br-].[Br-]. The maximum atomic E-state index is 15.0. The van der Waals surface area contributed by atoms with E-state index < -0.39 is 7.14 Å². The van der Waals surface area contributed by atoms with Crippen LogP contribution in [-0.4, -0.2) is 0 Å². The molecule has 0 aliphatic carbocycles. The summed E-state index contributed by atoms with van der Waals surface area (Å²) in [6, 6.07) is 26.5. The summed E-state index contributed by atoms with van der Waals surface area (Å²) >= 11 is 0. The summed E-state index contributed by atoms with van der Waals surface area (Å²) in [7, 11) is -3.14. The molecule has 0 fully saturated rings. The lowest BCUT2D eigenvalue weighted by molar-refractivity contribution is -0.687. The fourth-order valence-electron chi connectivity index (χ4n) is 4.85. The van der Waals surface area contributed by atoms with Crippen molar-refractivity contribution in [1.29, 1.82) is 0 Å². The van der Waals surface area contributed by atoms with Crippen molar-refractivity contribution in [2.45, 2.75) is 13.1 Å². The first-order valence-electron chi connectivity index (χ1n) is 11.7. The molecule has 3 nitrogen and oxygen atoms in total. The second-order valence-corrected chi connectivity index (χ2v) is 11.7. The van der Waals surface area contributed by atoms with Gasteiger partial charge in [0.25, 0.3) is 0 Å². The van der Waals surface area contributed by atoms with Crippen LogP contribution in [0.3, 0.4) is 0 Å². The molecule has 3 heterocycles. The lowest BCUT2D eigenvalue weighted by Gasteiger charge is -2.14. The van der Waals surface area contributed by atoms with E-state index in [4.69, 9.17) is 0 Å². The van der Waals surface area contributed by atoms with Crippen molar-refractivity contribution >= 4 is 23.1 Å². The van der Waals surface area contributed by atoms with Gasteiger partial charge in [0, 0.05) is 39.7 Å². The van der Waals surface area contributed by atoms with Crippen molar-refractivity contribution in [3.8, 4) is 11.1 Å². The summed E-state index contributed by atoms with van der Waals surface area (Å²) < 4.78 is 45.8. The predicted octanol–water partition coefficient (Wildman–Crippen LogP) is -1.74. The molecule has 2 aromatic heterocycles. The highest BCUT2D eigenvalue weighted by Gasteiger charge is 2.44. The van der Waals surface area contributed by atoms with Crippen molar-refractivity contribution in [2.24, 2.45) is 0 Å². The van der Waals surface area contributed by atoms with Crippen LogP contribution in [0.25, 0.3) is 11.1 Å². The number of halogens is 4. The molecule has 1 aliphatic rings. The first-order chi connectivity index (χ1) is 17.5. The number of hydrogen-bond acceptors (Lipinski definition) is 1. The van der Waals surface area contributed by atoms with E-state index in [1.807, 2.05) is 76.4 Å². The maximum Gasteiger partial charge on any atom is 0.184 e. The highest BCUT2D eigenvalue weighted by atomic mass is 79.9. The average Bonchev–Trinajstić information content (AvgIpc) is 3.16. The molecule has 6 rings (SSSR count). The zero-order chi connectivity index (χ0) is 24.7. The Morgan fingerprint density at radius 3 is 1.42 bits per heavy atom. The van der Waals surface area contributed by atoms with Crippen LogP contribution < -0.4 is 59.0 Å². The Kier molecular flexibility index (Phi) is 8.41. The van der Waals surface area contributed by atoms with Crippen LogP contribution >= 0.6 is 7.14 Å². The van der Waals surface area contributed by atoms with E-state index >= 15 is 4.57 Å². The fourth-order valence-corrected chi connectivity index (χ4v) is 7.95. The van der Waals surface area contributed by atoms with Gasteiger partial charge >= 0.3 is 0 Å². The molecule has 5 aromatic rings. The minimum absolute atomic E-state index is 0. The van der Waals surface area contributed by atoms with Crippen LogP contribution in [0.1, 0.15) is 11.1 Å². The van der Waals surface area contributed by atoms with Gasteiger partial charge in [-0.3, -0.25) is 0 Å². The standard InChI is InChI=1S/C30H23F2N2OP.2BrH/c31-24-10-6-22(7-11-24)18-33-16-14-27-28-15-17-34(19-23-8-12-25(32)13-9-23)21-30(28)36(35,29(27)20-33)26-4-2-1-3-5-26;;/h1-17,20-21H,18-19H2;2*1H/q+2;;/p-2. The van der Waals surface area contributed by atoms with Gasteiger partial charge < -0.3 is 38.5 Å². The number of nitrogens with zero attached hydrogens (tertiary/aromatic N) is 2. The van der Waals surface area contributed by atoms with Crippen molar-refractivity contribution in [3.05, 3.63) is 139 Å². The van der Waals surface area contributed by atoms with E-state index in [-0.39, 0.29) is 45.6 Å². The Morgan fingerprint density at radius 1 is 0.579 bits per heavy atom. The number of hydrogen-bond donors (Lipinski definition) is 0. The topological polar surface area (TPSA) is 24.8 Å². The van der Waals surface area contributed by atoms with Crippen LogP contribution in [0.5, 0.6) is 0 Å². The van der Waals surface area contributed by atoms with Crippen LogP contribution in [0.4, 0.5) is 8.78 Å². The molecule has 0 atom stereocenters. The molecule has 8 heteroatoms.